The summed E-state index contributed by atoms with van der Waals surface area (Å²) in [5.41, 5.74) is 8.37. The van der Waals surface area contributed by atoms with E-state index in [4.69, 9.17) is 13.9 Å². The van der Waals surface area contributed by atoms with Gasteiger partial charge in [-0.2, -0.15) is 0 Å². The number of aliphatic carboxylic acids is 1. The molecule has 0 aliphatic carbocycles. The molecule has 35 heavy (non-hydrogen) atoms. The number of amides is 1. The molecule has 1 amide bonds. The number of nitrogen functional groups attached to an aromatic ring is 1. The van der Waals surface area contributed by atoms with Crippen LogP contribution in [0.4, 0.5) is 11.5 Å². The number of carbonyl (C=O) groups is 2. The van der Waals surface area contributed by atoms with E-state index in [9.17, 15) is 14.7 Å². The lowest BCUT2D eigenvalue weighted by molar-refractivity contribution is -0.136. The maximum absolute atomic E-state index is 13.5. The summed E-state index contributed by atoms with van der Waals surface area (Å²) in [4.78, 5) is 34.2. The molecule has 178 valence electrons. The molecule has 0 fully saturated rings. The number of nitrogens with one attached hydrogen (secondary N) is 2. The van der Waals surface area contributed by atoms with Crippen LogP contribution in [0.15, 0.2) is 66.9 Å². The Labute approximate surface area is 204 Å². The Morgan fingerprint density at radius 1 is 1.17 bits per heavy atom. The molecule has 10 heteroatoms. The third kappa shape index (κ3) is 5.27. The monoisotopic (exact) mass is 473 g/mol. The van der Waals surface area contributed by atoms with E-state index in [0.717, 1.165) is 16.1 Å². The smallest absolute Gasteiger partial charge is 0.305 e. The van der Waals surface area contributed by atoms with Gasteiger partial charge in [0.05, 0.1) is 26.7 Å². The Balaban J connectivity index is 1.62. The van der Waals surface area contributed by atoms with E-state index in [1.165, 1.54) is 12.3 Å². The largest absolute Gasteiger partial charge is 0.481 e. The number of rotatable bonds is 9. The van der Waals surface area contributed by atoms with Gasteiger partial charge < -0.3 is 20.7 Å². The first kappa shape index (κ1) is 20.8. The number of aryl methyl sites for hydroxylation is 1. The van der Waals surface area contributed by atoms with Crippen molar-refractivity contribution >= 4 is 40.3 Å². The summed E-state index contributed by atoms with van der Waals surface area (Å²) in [5.74, 6) is -1.43. The normalized spacial score (nSPS) is 12.0. The molecule has 0 aliphatic rings. The topological polar surface area (TPSA) is 150 Å². The molecule has 0 aliphatic heterocycles. The molecule has 2 aromatic carbocycles. The predicted octanol–water partition coefficient (Wildman–Crippen LogP) is 2.99. The van der Waals surface area contributed by atoms with E-state index in [1.807, 2.05) is 23.7 Å². The van der Waals surface area contributed by atoms with Crippen molar-refractivity contribution < 1.29 is 17.4 Å². The van der Waals surface area contributed by atoms with Crippen LogP contribution in [0.1, 0.15) is 30.9 Å². The number of benzene rings is 2. The SMILES string of the molecule is [2H]C([2H])(CC(=O)O)N(C(=O)c1ccc2c(c1)nc(CNc1ccc(C(=N)N)cc1)n2C)c1ccccn1. The van der Waals surface area contributed by atoms with E-state index in [1.54, 1.807) is 42.5 Å². The van der Waals surface area contributed by atoms with Crippen molar-refractivity contribution in [3.05, 3.63) is 83.8 Å². The maximum Gasteiger partial charge on any atom is 0.305 e. The van der Waals surface area contributed by atoms with Crippen LogP contribution in [0, 0.1) is 5.41 Å². The van der Waals surface area contributed by atoms with Gasteiger partial charge in [0, 0.05) is 36.6 Å². The average molecular weight is 474 g/mol. The van der Waals surface area contributed by atoms with Crippen molar-refractivity contribution in [2.75, 3.05) is 16.7 Å². The summed E-state index contributed by atoms with van der Waals surface area (Å²) in [7, 11) is 1.85. The zero-order valence-corrected chi connectivity index (χ0v) is 18.9. The number of hydrogen-bond donors (Lipinski definition) is 4. The van der Waals surface area contributed by atoms with Crippen LogP contribution >= 0.6 is 0 Å². The van der Waals surface area contributed by atoms with Crippen LogP contribution in [-0.2, 0) is 18.4 Å². The lowest BCUT2D eigenvalue weighted by Gasteiger charge is -2.21. The van der Waals surface area contributed by atoms with Crippen LogP contribution in [0.3, 0.4) is 0 Å². The molecule has 0 saturated carbocycles. The number of nitrogens with two attached hydrogens (primary N) is 1. The standard InChI is InChI=1S/C25H25N7O3/c1-31-20-10-7-17(25(35)32(13-11-23(33)34)21-4-2-3-12-28-21)14-19(20)30-22(31)15-29-18-8-5-16(6-9-18)24(26)27/h2-10,12,14,29H,11,13,15H2,1H3,(H3,26,27)(H,33,34)/i13D2. The lowest BCUT2D eigenvalue weighted by Crippen LogP contribution is -2.33. The number of carboxylic acid groups (broad SMARTS) is 1. The number of pyridine rings is 1. The highest BCUT2D eigenvalue weighted by atomic mass is 16.4. The number of amidine groups is 1. The molecule has 0 atom stereocenters. The summed E-state index contributed by atoms with van der Waals surface area (Å²) >= 11 is 0. The zero-order valence-electron chi connectivity index (χ0n) is 20.9. The Morgan fingerprint density at radius 2 is 1.91 bits per heavy atom. The summed E-state index contributed by atoms with van der Waals surface area (Å²) in [6, 6.07) is 16.6. The summed E-state index contributed by atoms with van der Waals surface area (Å²) in [6.45, 7) is -2.14. The molecule has 5 N–H and O–H groups in total. The van der Waals surface area contributed by atoms with Gasteiger partial charge >= 0.3 is 5.97 Å². The molecule has 0 bridgehead atoms. The minimum atomic E-state index is -2.52. The van der Waals surface area contributed by atoms with Crippen LogP contribution < -0.4 is 16.0 Å². The summed E-state index contributed by atoms with van der Waals surface area (Å²) < 4.78 is 18.5. The van der Waals surface area contributed by atoms with Gasteiger partial charge in [-0.3, -0.25) is 19.9 Å². The Kier molecular flexibility index (Phi) is 5.98. The second-order valence-electron chi connectivity index (χ2n) is 7.69. The third-order valence-electron chi connectivity index (χ3n) is 5.34. The number of carbonyl (C=O) groups excluding carboxylic acids is 1. The van der Waals surface area contributed by atoms with E-state index < -0.39 is 24.8 Å². The van der Waals surface area contributed by atoms with Crippen molar-refractivity contribution in [1.82, 2.24) is 14.5 Å². The molecule has 2 heterocycles. The highest BCUT2D eigenvalue weighted by Crippen LogP contribution is 2.21. The fourth-order valence-corrected chi connectivity index (χ4v) is 3.51. The minimum absolute atomic E-state index is 0.000508. The maximum atomic E-state index is 13.5. The number of imidazole rings is 1. The van der Waals surface area contributed by atoms with Crippen molar-refractivity contribution in [1.29, 1.82) is 5.41 Å². The third-order valence-corrected chi connectivity index (χ3v) is 5.34. The fourth-order valence-electron chi connectivity index (χ4n) is 3.51. The molecule has 4 aromatic rings. The van der Waals surface area contributed by atoms with Crippen molar-refractivity contribution in [3.8, 4) is 0 Å². The second-order valence-corrected chi connectivity index (χ2v) is 7.69. The van der Waals surface area contributed by atoms with Gasteiger partial charge in [0.1, 0.15) is 17.5 Å². The van der Waals surface area contributed by atoms with E-state index in [0.29, 0.717) is 23.4 Å². The number of hydrogen-bond acceptors (Lipinski definition) is 6. The number of nitrogens with zero attached hydrogens (tertiary/aromatic N) is 4. The molecule has 4 rings (SSSR count). The van der Waals surface area contributed by atoms with E-state index in [-0.39, 0.29) is 17.2 Å². The molecule has 0 spiro atoms. The number of fused-ring (bicyclic) bond motifs is 1. The first-order chi connectivity index (χ1) is 17.6. The minimum Gasteiger partial charge on any atom is -0.481 e. The van der Waals surface area contributed by atoms with Gasteiger partial charge in [-0.15, -0.1) is 0 Å². The van der Waals surface area contributed by atoms with Gasteiger partial charge in [-0.1, -0.05) is 6.07 Å². The highest BCUT2D eigenvalue weighted by Gasteiger charge is 2.21. The Bertz CT molecular complexity index is 1470. The van der Waals surface area contributed by atoms with Crippen molar-refractivity contribution in [3.63, 3.8) is 0 Å². The average Bonchev–Trinajstić information content (AvgIpc) is 3.17. The second kappa shape index (κ2) is 10.0. The first-order valence-electron chi connectivity index (χ1n) is 11.7. The Hall–Kier alpha value is -4.73. The molecule has 0 saturated heterocycles. The van der Waals surface area contributed by atoms with Crippen LogP contribution in [0.2, 0.25) is 0 Å². The first-order valence-corrected chi connectivity index (χ1v) is 10.7. The van der Waals surface area contributed by atoms with Gasteiger partial charge in [0.15, 0.2) is 0 Å². The summed E-state index contributed by atoms with van der Waals surface area (Å²) in [5, 5.41) is 20.0. The number of aromatic nitrogens is 3. The number of carboxylic acids is 1. The zero-order chi connectivity index (χ0) is 26.7. The molecule has 0 radical (unpaired) electrons. The summed E-state index contributed by atoms with van der Waals surface area (Å²) in [6.07, 6.45) is 0.492. The number of anilines is 2. The molecular formula is C25H25N7O3. The van der Waals surface area contributed by atoms with Gasteiger partial charge in [0.25, 0.3) is 5.91 Å². The molecule has 10 nitrogen and oxygen atoms in total. The quantitative estimate of drug-likeness (QED) is 0.215. The van der Waals surface area contributed by atoms with Gasteiger partial charge in [0.2, 0.25) is 0 Å². The van der Waals surface area contributed by atoms with Gasteiger partial charge in [-0.05, 0) is 54.6 Å². The van der Waals surface area contributed by atoms with Crippen LogP contribution in [0.5, 0.6) is 0 Å². The van der Waals surface area contributed by atoms with Crippen molar-refractivity contribution in [2.24, 2.45) is 12.8 Å². The van der Waals surface area contributed by atoms with Crippen LogP contribution in [0.25, 0.3) is 11.0 Å². The van der Waals surface area contributed by atoms with Crippen molar-refractivity contribution in [2.45, 2.75) is 13.0 Å². The predicted molar refractivity (Wildman–Crippen MR) is 134 cm³/mol. The Morgan fingerprint density at radius 3 is 2.57 bits per heavy atom. The molecule has 0 unspecified atom stereocenters. The van der Waals surface area contributed by atoms with E-state index >= 15 is 0 Å². The molecule has 2 aromatic heterocycles. The lowest BCUT2D eigenvalue weighted by atomic mass is 10.1. The van der Waals surface area contributed by atoms with Gasteiger partial charge in [-0.25, -0.2) is 9.97 Å². The van der Waals surface area contributed by atoms with E-state index in [2.05, 4.69) is 15.3 Å². The van der Waals surface area contributed by atoms with Crippen LogP contribution in [-0.4, -0.2) is 43.9 Å². The highest BCUT2D eigenvalue weighted by molar-refractivity contribution is 6.07. The fraction of sp³-hybridized carbons (Fsp3) is 0.160. The molecular weight excluding hydrogens is 446 g/mol.